The van der Waals surface area contributed by atoms with Gasteiger partial charge in [0, 0.05) is 39.0 Å². The van der Waals surface area contributed by atoms with Crippen molar-refractivity contribution in [1.29, 1.82) is 0 Å². The Labute approximate surface area is 145 Å². The molecule has 5 heteroatoms. The van der Waals surface area contributed by atoms with Crippen molar-refractivity contribution in [2.75, 3.05) is 26.2 Å². The van der Waals surface area contributed by atoms with Crippen LogP contribution in [0, 0.1) is 11.8 Å². The number of aliphatic hydroxyl groups is 1. The van der Waals surface area contributed by atoms with Gasteiger partial charge < -0.3 is 14.9 Å². The van der Waals surface area contributed by atoms with Crippen molar-refractivity contribution in [1.82, 2.24) is 9.80 Å². The molecule has 2 atom stereocenters. The summed E-state index contributed by atoms with van der Waals surface area (Å²) >= 11 is 0. The fraction of sp³-hybridized carbons (Fsp3) is 0.895. The molecule has 2 amide bonds. The zero-order valence-electron chi connectivity index (χ0n) is 14.8. The zero-order chi connectivity index (χ0) is 16.9. The Bertz CT molecular complexity index is 446. The van der Waals surface area contributed by atoms with Gasteiger partial charge in [0.2, 0.25) is 11.8 Å². The van der Waals surface area contributed by atoms with Gasteiger partial charge in [0.1, 0.15) is 0 Å². The maximum atomic E-state index is 12.5. The van der Waals surface area contributed by atoms with Crippen LogP contribution in [0.2, 0.25) is 0 Å². The molecule has 3 fully saturated rings. The molecule has 0 unspecified atom stereocenters. The minimum atomic E-state index is -0.287. The Balaban J connectivity index is 1.41. The van der Waals surface area contributed by atoms with Gasteiger partial charge >= 0.3 is 0 Å². The summed E-state index contributed by atoms with van der Waals surface area (Å²) < 4.78 is 0. The van der Waals surface area contributed by atoms with Gasteiger partial charge in [-0.05, 0) is 50.4 Å². The van der Waals surface area contributed by atoms with Crippen LogP contribution in [0.25, 0.3) is 0 Å². The third-order valence-corrected chi connectivity index (χ3v) is 6.17. The Morgan fingerprint density at radius 3 is 2.46 bits per heavy atom. The fourth-order valence-corrected chi connectivity index (χ4v) is 4.51. The van der Waals surface area contributed by atoms with Gasteiger partial charge in [0.25, 0.3) is 0 Å². The van der Waals surface area contributed by atoms with Crippen molar-refractivity contribution in [2.45, 2.75) is 70.3 Å². The number of carbonyl (C=O) groups excluding carboxylic acids is 2. The predicted octanol–water partition coefficient (Wildman–Crippen LogP) is 2.18. The minimum absolute atomic E-state index is 0.162. The summed E-state index contributed by atoms with van der Waals surface area (Å²) in [5, 5.41) is 10.1. The molecule has 0 aromatic rings. The number of amides is 2. The summed E-state index contributed by atoms with van der Waals surface area (Å²) in [5.41, 5.74) is 0. The highest BCUT2D eigenvalue weighted by molar-refractivity contribution is 5.77. The van der Waals surface area contributed by atoms with E-state index in [2.05, 4.69) is 0 Å². The summed E-state index contributed by atoms with van der Waals surface area (Å²) in [5.74, 6) is 1.23. The Morgan fingerprint density at radius 2 is 1.75 bits per heavy atom. The molecule has 2 saturated heterocycles. The molecular weight excluding hydrogens is 304 g/mol. The molecule has 1 aliphatic carbocycles. The van der Waals surface area contributed by atoms with Crippen molar-refractivity contribution in [2.24, 2.45) is 11.8 Å². The molecule has 0 aromatic heterocycles. The minimum Gasteiger partial charge on any atom is -0.393 e. The van der Waals surface area contributed by atoms with Gasteiger partial charge in [-0.1, -0.05) is 12.8 Å². The summed E-state index contributed by atoms with van der Waals surface area (Å²) in [6.07, 6.45) is 9.17. The highest BCUT2D eigenvalue weighted by Crippen LogP contribution is 2.28. The van der Waals surface area contributed by atoms with E-state index in [0.717, 1.165) is 77.5 Å². The highest BCUT2D eigenvalue weighted by Gasteiger charge is 2.30. The van der Waals surface area contributed by atoms with E-state index in [-0.39, 0.29) is 17.9 Å². The lowest BCUT2D eigenvalue weighted by atomic mass is 9.84. The zero-order valence-corrected chi connectivity index (χ0v) is 14.8. The molecule has 1 N–H and O–H groups in total. The van der Waals surface area contributed by atoms with Gasteiger partial charge in [-0.15, -0.1) is 0 Å². The number of hydrogen-bond acceptors (Lipinski definition) is 3. The van der Waals surface area contributed by atoms with Crippen LogP contribution in [-0.2, 0) is 9.59 Å². The van der Waals surface area contributed by atoms with Crippen LogP contribution in [0.1, 0.15) is 64.2 Å². The highest BCUT2D eigenvalue weighted by atomic mass is 16.3. The lowest BCUT2D eigenvalue weighted by Gasteiger charge is -2.37. The van der Waals surface area contributed by atoms with Gasteiger partial charge in [0.15, 0.2) is 0 Å². The number of likely N-dealkylation sites (tertiary alicyclic amines) is 2. The van der Waals surface area contributed by atoms with Crippen LogP contribution in [0.4, 0.5) is 0 Å². The molecule has 0 spiro atoms. The van der Waals surface area contributed by atoms with Crippen molar-refractivity contribution < 1.29 is 14.7 Å². The molecule has 0 bridgehead atoms. The monoisotopic (exact) mass is 336 g/mol. The van der Waals surface area contributed by atoms with Gasteiger partial charge in [-0.25, -0.2) is 0 Å². The molecule has 24 heavy (non-hydrogen) atoms. The van der Waals surface area contributed by atoms with E-state index in [9.17, 15) is 14.7 Å². The number of carbonyl (C=O) groups is 2. The van der Waals surface area contributed by atoms with Gasteiger partial charge in [0.05, 0.1) is 6.10 Å². The second kappa shape index (κ2) is 8.32. The first-order valence-corrected chi connectivity index (χ1v) is 9.87. The van der Waals surface area contributed by atoms with E-state index in [4.69, 9.17) is 0 Å². The van der Waals surface area contributed by atoms with E-state index in [0.29, 0.717) is 24.7 Å². The molecule has 0 radical (unpaired) electrons. The molecule has 2 heterocycles. The van der Waals surface area contributed by atoms with E-state index < -0.39 is 0 Å². The standard InChI is InChI=1S/C19H32N2O3/c22-17-6-2-1-5-16(17)13-19(24)20-11-8-15(9-12-20)14-21-10-4-3-7-18(21)23/h15-17,22H,1-14H2/t16-,17+/m1/s1. The van der Waals surface area contributed by atoms with Crippen LogP contribution < -0.4 is 0 Å². The van der Waals surface area contributed by atoms with Crippen LogP contribution >= 0.6 is 0 Å². The summed E-state index contributed by atoms with van der Waals surface area (Å²) in [6, 6.07) is 0. The number of rotatable bonds is 4. The van der Waals surface area contributed by atoms with E-state index in [1.807, 2.05) is 9.80 Å². The molecule has 5 nitrogen and oxygen atoms in total. The van der Waals surface area contributed by atoms with Gasteiger partial charge in [-0.2, -0.15) is 0 Å². The third kappa shape index (κ3) is 4.50. The van der Waals surface area contributed by atoms with Crippen molar-refractivity contribution in [3.05, 3.63) is 0 Å². The normalized spacial score (nSPS) is 29.8. The number of piperidine rings is 2. The molecule has 0 aromatic carbocycles. The summed E-state index contributed by atoms with van der Waals surface area (Å²) in [7, 11) is 0. The van der Waals surface area contributed by atoms with Crippen molar-refractivity contribution >= 4 is 11.8 Å². The molecule has 3 rings (SSSR count). The second-order valence-electron chi connectivity index (χ2n) is 7.94. The first-order valence-electron chi connectivity index (χ1n) is 9.87. The maximum Gasteiger partial charge on any atom is 0.222 e. The summed E-state index contributed by atoms with van der Waals surface area (Å²) in [4.78, 5) is 28.5. The van der Waals surface area contributed by atoms with Crippen LogP contribution in [-0.4, -0.2) is 59.0 Å². The second-order valence-corrected chi connectivity index (χ2v) is 7.94. The number of aliphatic hydroxyl groups excluding tert-OH is 1. The molecule has 3 aliphatic rings. The topological polar surface area (TPSA) is 60.9 Å². The third-order valence-electron chi connectivity index (χ3n) is 6.17. The van der Waals surface area contributed by atoms with E-state index >= 15 is 0 Å². The number of nitrogens with zero attached hydrogens (tertiary/aromatic N) is 2. The Morgan fingerprint density at radius 1 is 1.00 bits per heavy atom. The fourth-order valence-electron chi connectivity index (χ4n) is 4.51. The largest absolute Gasteiger partial charge is 0.393 e. The van der Waals surface area contributed by atoms with E-state index in [1.54, 1.807) is 0 Å². The van der Waals surface area contributed by atoms with Crippen LogP contribution in [0.5, 0.6) is 0 Å². The Kier molecular flexibility index (Phi) is 6.14. The average Bonchev–Trinajstić information content (AvgIpc) is 2.59. The predicted molar refractivity (Wildman–Crippen MR) is 92.3 cm³/mol. The lowest BCUT2D eigenvalue weighted by molar-refractivity contribution is -0.137. The van der Waals surface area contributed by atoms with Crippen LogP contribution in [0.3, 0.4) is 0 Å². The SMILES string of the molecule is O=C(C[C@H]1CCCC[C@@H]1O)N1CCC(CN2CCCCC2=O)CC1. The van der Waals surface area contributed by atoms with Crippen molar-refractivity contribution in [3.8, 4) is 0 Å². The first-order chi connectivity index (χ1) is 11.6. The summed E-state index contributed by atoms with van der Waals surface area (Å²) in [6.45, 7) is 3.42. The molecular formula is C19H32N2O3. The smallest absolute Gasteiger partial charge is 0.222 e. The van der Waals surface area contributed by atoms with Crippen LogP contribution in [0.15, 0.2) is 0 Å². The Hall–Kier alpha value is -1.10. The molecule has 136 valence electrons. The van der Waals surface area contributed by atoms with Gasteiger partial charge in [-0.3, -0.25) is 9.59 Å². The lowest BCUT2D eigenvalue weighted by Crippen LogP contribution is -2.44. The van der Waals surface area contributed by atoms with Crippen molar-refractivity contribution in [3.63, 3.8) is 0 Å². The van der Waals surface area contributed by atoms with E-state index in [1.165, 1.54) is 0 Å². The average molecular weight is 336 g/mol. The maximum absolute atomic E-state index is 12.5. The molecule has 1 saturated carbocycles. The number of hydrogen-bond donors (Lipinski definition) is 1. The molecule has 2 aliphatic heterocycles. The quantitative estimate of drug-likeness (QED) is 0.856. The first kappa shape index (κ1) is 17.7.